The molecule has 2 N–H and O–H groups in total. The Morgan fingerprint density at radius 2 is 2.00 bits per heavy atom. The zero-order valence-electron chi connectivity index (χ0n) is 8.96. The molecule has 0 saturated carbocycles. The molecule has 0 aliphatic rings. The zero-order chi connectivity index (χ0) is 11.4. The first kappa shape index (κ1) is 12.9. The van der Waals surface area contributed by atoms with Gasteiger partial charge in [0.25, 0.3) is 0 Å². The highest BCUT2D eigenvalue weighted by molar-refractivity contribution is 5.87. The maximum absolute atomic E-state index is 11.3. The molecule has 0 aromatic heterocycles. The third-order valence-electron chi connectivity index (χ3n) is 1.83. The summed E-state index contributed by atoms with van der Waals surface area (Å²) >= 11 is 0. The normalized spacial score (nSPS) is 14.9. The van der Waals surface area contributed by atoms with Gasteiger partial charge in [0.1, 0.15) is 0 Å². The van der Waals surface area contributed by atoms with E-state index >= 15 is 0 Å². The van der Waals surface area contributed by atoms with Gasteiger partial charge in [-0.05, 0) is 6.92 Å². The molecule has 0 aromatic carbocycles. The van der Waals surface area contributed by atoms with Gasteiger partial charge in [-0.2, -0.15) is 0 Å². The number of hydrogen-bond donors (Lipinski definition) is 2. The van der Waals surface area contributed by atoms with Crippen LogP contribution in [0.2, 0.25) is 0 Å². The van der Waals surface area contributed by atoms with Crippen molar-refractivity contribution in [3.63, 3.8) is 0 Å². The molecule has 5 heteroatoms. The molecular weight excluding hydrogens is 186 g/mol. The fourth-order valence-corrected chi connectivity index (χ4v) is 0.856. The molecule has 0 saturated heterocycles. The fraction of sp³-hybridized carbons (Fsp3) is 0.778. The van der Waals surface area contributed by atoms with Crippen molar-refractivity contribution in [2.45, 2.75) is 26.3 Å². The number of methoxy groups -OCH3 is 1. The van der Waals surface area contributed by atoms with Crippen LogP contribution < -0.4 is 5.32 Å². The van der Waals surface area contributed by atoms with E-state index in [-0.39, 0.29) is 18.4 Å². The first-order chi connectivity index (χ1) is 6.33. The second kappa shape index (κ2) is 4.95. The maximum Gasteiger partial charge on any atom is 0.331 e. The van der Waals surface area contributed by atoms with Crippen LogP contribution in [-0.2, 0) is 14.3 Å². The largest absolute Gasteiger partial charge is 0.479 e. The Bertz CT molecular complexity index is 227. The van der Waals surface area contributed by atoms with E-state index < -0.39 is 11.5 Å². The molecule has 0 radical (unpaired) electrons. The minimum absolute atomic E-state index is 0.0548. The standard InChI is InChI=1S/C9H17NO4/c1-6(2)7(11)10-9(3,5-14-4)8(12)13/h6H,5H2,1-4H3,(H,10,11)(H,12,13). The Kier molecular flexibility index (Phi) is 4.56. The summed E-state index contributed by atoms with van der Waals surface area (Å²) in [5, 5.41) is 11.3. The van der Waals surface area contributed by atoms with Crippen LogP contribution in [0.15, 0.2) is 0 Å². The lowest BCUT2D eigenvalue weighted by atomic mass is 10.0. The molecule has 0 heterocycles. The van der Waals surface area contributed by atoms with Crippen molar-refractivity contribution in [2.24, 2.45) is 5.92 Å². The van der Waals surface area contributed by atoms with Crippen LogP contribution in [0.3, 0.4) is 0 Å². The summed E-state index contributed by atoms with van der Waals surface area (Å²) in [4.78, 5) is 22.2. The Hall–Kier alpha value is -1.10. The Labute approximate surface area is 83.4 Å². The summed E-state index contributed by atoms with van der Waals surface area (Å²) < 4.78 is 4.75. The molecule has 0 aromatic rings. The molecule has 1 unspecified atom stereocenters. The molecule has 1 amide bonds. The molecule has 0 bridgehead atoms. The van der Waals surface area contributed by atoms with E-state index in [2.05, 4.69) is 5.32 Å². The van der Waals surface area contributed by atoms with Gasteiger partial charge in [-0.15, -0.1) is 0 Å². The average molecular weight is 203 g/mol. The highest BCUT2D eigenvalue weighted by Crippen LogP contribution is 2.06. The summed E-state index contributed by atoms with van der Waals surface area (Å²) in [7, 11) is 1.39. The van der Waals surface area contributed by atoms with Crippen LogP contribution >= 0.6 is 0 Å². The third kappa shape index (κ3) is 3.33. The molecule has 14 heavy (non-hydrogen) atoms. The number of carboxylic acid groups (broad SMARTS) is 1. The smallest absolute Gasteiger partial charge is 0.331 e. The number of ether oxygens (including phenoxy) is 1. The molecule has 0 aliphatic carbocycles. The van der Waals surface area contributed by atoms with Crippen LogP contribution in [0.25, 0.3) is 0 Å². The van der Waals surface area contributed by atoms with Crippen LogP contribution in [0.5, 0.6) is 0 Å². The topological polar surface area (TPSA) is 75.6 Å². The van der Waals surface area contributed by atoms with Gasteiger partial charge in [-0.3, -0.25) is 4.79 Å². The maximum atomic E-state index is 11.3. The van der Waals surface area contributed by atoms with E-state index in [0.29, 0.717) is 0 Å². The molecule has 0 fully saturated rings. The minimum atomic E-state index is -1.35. The van der Waals surface area contributed by atoms with Gasteiger partial charge in [0.05, 0.1) is 6.61 Å². The minimum Gasteiger partial charge on any atom is -0.479 e. The summed E-state index contributed by atoms with van der Waals surface area (Å²) in [5.74, 6) is -1.65. The fourth-order valence-electron chi connectivity index (χ4n) is 0.856. The number of aliphatic carboxylic acids is 1. The molecule has 0 rings (SSSR count). The summed E-state index contributed by atoms with van der Waals surface area (Å²) in [6.45, 7) is 4.76. The van der Waals surface area contributed by atoms with Gasteiger partial charge in [0, 0.05) is 13.0 Å². The van der Waals surface area contributed by atoms with E-state index in [1.165, 1.54) is 14.0 Å². The average Bonchev–Trinajstić information content (AvgIpc) is 2.03. The van der Waals surface area contributed by atoms with Crippen molar-refractivity contribution in [1.29, 1.82) is 0 Å². The van der Waals surface area contributed by atoms with Crippen LogP contribution in [0.1, 0.15) is 20.8 Å². The van der Waals surface area contributed by atoms with Crippen molar-refractivity contribution in [3.8, 4) is 0 Å². The van der Waals surface area contributed by atoms with E-state index in [1.54, 1.807) is 13.8 Å². The summed E-state index contributed by atoms with van der Waals surface area (Å²) in [6.07, 6.45) is 0. The molecule has 1 atom stereocenters. The number of rotatable bonds is 5. The van der Waals surface area contributed by atoms with E-state index in [0.717, 1.165) is 0 Å². The molecule has 0 aliphatic heterocycles. The van der Waals surface area contributed by atoms with Crippen molar-refractivity contribution >= 4 is 11.9 Å². The van der Waals surface area contributed by atoms with Crippen molar-refractivity contribution in [3.05, 3.63) is 0 Å². The van der Waals surface area contributed by atoms with Crippen molar-refractivity contribution in [1.82, 2.24) is 5.32 Å². The predicted octanol–water partition coefficient (Wildman–Crippen LogP) is 0.248. The Morgan fingerprint density at radius 1 is 1.50 bits per heavy atom. The van der Waals surface area contributed by atoms with Gasteiger partial charge in [0.2, 0.25) is 5.91 Å². The number of carbonyl (C=O) groups is 2. The zero-order valence-corrected chi connectivity index (χ0v) is 8.96. The number of carboxylic acids is 1. The number of hydrogen-bond acceptors (Lipinski definition) is 3. The monoisotopic (exact) mass is 203 g/mol. The molecular formula is C9H17NO4. The highest BCUT2D eigenvalue weighted by Gasteiger charge is 2.35. The Morgan fingerprint density at radius 3 is 2.29 bits per heavy atom. The van der Waals surface area contributed by atoms with Gasteiger partial charge in [-0.1, -0.05) is 13.8 Å². The predicted molar refractivity (Wildman–Crippen MR) is 50.9 cm³/mol. The van der Waals surface area contributed by atoms with Gasteiger partial charge in [-0.25, -0.2) is 4.79 Å². The van der Waals surface area contributed by atoms with E-state index in [1.807, 2.05) is 0 Å². The van der Waals surface area contributed by atoms with Gasteiger partial charge >= 0.3 is 5.97 Å². The summed E-state index contributed by atoms with van der Waals surface area (Å²) in [6, 6.07) is 0. The second-order valence-corrected chi connectivity index (χ2v) is 3.71. The first-order valence-corrected chi connectivity index (χ1v) is 4.38. The van der Waals surface area contributed by atoms with E-state index in [9.17, 15) is 9.59 Å². The van der Waals surface area contributed by atoms with E-state index in [4.69, 9.17) is 9.84 Å². The lowest BCUT2D eigenvalue weighted by Crippen LogP contribution is -2.56. The second-order valence-electron chi connectivity index (χ2n) is 3.71. The number of carbonyl (C=O) groups excluding carboxylic acids is 1. The van der Waals surface area contributed by atoms with Crippen LogP contribution in [0, 0.1) is 5.92 Å². The third-order valence-corrected chi connectivity index (χ3v) is 1.83. The number of amides is 1. The van der Waals surface area contributed by atoms with Gasteiger partial charge in [0.15, 0.2) is 5.54 Å². The van der Waals surface area contributed by atoms with Crippen LogP contribution in [-0.4, -0.2) is 36.2 Å². The lowest BCUT2D eigenvalue weighted by Gasteiger charge is -2.26. The SMILES string of the molecule is COCC(C)(NC(=O)C(C)C)C(=O)O. The van der Waals surface area contributed by atoms with Gasteiger partial charge < -0.3 is 15.2 Å². The molecule has 82 valence electrons. The molecule has 5 nitrogen and oxygen atoms in total. The Balaban J connectivity index is 4.52. The quantitative estimate of drug-likeness (QED) is 0.671. The lowest BCUT2D eigenvalue weighted by molar-refractivity contribution is -0.149. The highest BCUT2D eigenvalue weighted by atomic mass is 16.5. The first-order valence-electron chi connectivity index (χ1n) is 4.38. The van der Waals surface area contributed by atoms with Crippen LogP contribution in [0.4, 0.5) is 0 Å². The van der Waals surface area contributed by atoms with Crippen molar-refractivity contribution in [2.75, 3.05) is 13.7 Å². The number of nitrogens with one attached hydrogen (secondary N) is 1. The van der Waals surface area contributed by atoms with Crippen molar-refractivity contribution < 1.29 is 19.4 Å². The molecule has 0 spiro atoms. The summed E-state index contributed by atoms with van der Waals surface area (Å²) in [5.41, 5.74) is -1.35.